The molecule has 21 heavy (non-hydrogen) atoms. The minimum absolute atomic E-state index is 0.0217. The Labute approximate surface area is 125 Å². The van der Waals surface area contributed by atoms with Gasteiger partial charge in [-0.3, -0.25) is 4.79 Å². The fourth-order valence-corrected chi connectivity index (χ4v) is 3.03. The second-order valence-electron chi connectivity index (χ2n) is 5.85. The molecule has 4 heteroatoms. The van der Waals surface area contributed by atoms with Gasteiger partial charge in [-0.2, -0.15) is 0 Å². The predicted octanol–water partition coefficient (Wildman–Crippen LogP) is 1.96. The lowest BCUT2D eigenvalue weighted by atomic mass is 10.0. The summed E-state index contributed by atoms with van der Waals surface area (Å²) >= 11 is 0. The third-order valence-corrected chi connectivity index (χ3v) is 4.23. The molecule has 2 N–H and O–H groups in total. The molecule has 2 unspecified atom stereocenters. The smallest absolute Gasteiger partial charge is 0.229 e. The molecule has 1 aromatic carbocycles. The molecule has 2 aliphatic rings. The number of likely N-dealkylation sites (tertiary alicyclic amines) is 1. The zero-order valence-electron chi connectivity index (χ0n) is 12.2. The minimum atomic E-state index is -0.0217. The molecule has 1 saturated heterocycles. The lowest BCUT2D eigenvalue weighted by Gasteiger charge is -2.33. The van der Waals surface area contributed by atoms with E-state index in [1.807, 2.05) is 47.4 Å². The number of nitrogens with two attached hydrogens (primary N) is 1. The highest BCUT2D eigenvalue weighted by molar-refractivity contribution is 5.81. The lowest BCUT2D eigenvalue weighted by Crippen LogP contribution is -2.44. The van der Waals surface area contributed by atoms with E-state index in [1.165, 1.54) is 0 Å². The molecule has 1 amide bonds. The van der Waals surface area contributed by atoms with Crippen LogP contribution in [0.2, 0.25) is 0 Å². The van der Waals surface area contributed by atoms with Crippen LogP contribution in [0.15, 0.2) is 42.5 Å². The number of benzene rings is 1. The van der Waals surface area contributed by atoms with Gasteiger partial charge in [-0.05, 0) is 18.6 Å². The summed E-state index contributed by atoms with van der Waals surface area (Å²) in [6.07, 6.45) is 6.64. The van der Waals surface area contributed by atoms with E-state index in [2.05, 4.69) is 0 Å². The molecule has 1 heterocycles. The van der Waals surface area contributed by atoms with Crippen LogP contribution in [0.3, 0.4) is 0 Å². The van der Waals surface area contributed by atoms with E-state index in [0.717, 1.165) is 38.1 Å². The molecule has 1 fully saturated rings. The number of rotatable bonds is 3. The van der Waals surface area contributed by atoms with Crippen molar-refractivity contribution in [3.8, 4) is 5.75 Å². The van der Waals surface area contributed by atoms with E-state index in [-0.39, 0.29) is 24.0 Å². The lowest BCUT2D eigenvalue weighted by molar-refractivity contribution is -0.135. The van der Waals surface area contributed by atoms with E-state index < -0.39 is 0 Å². The molecule has 112 valence electrons. The molecule has 3 rings (SSSR count). The maximum Gasteiger partial charge on any atom is 0.229 e. The largest absolute Gasteiger partial charge is 0.490 e. The van der Waals surface area contributed by atoms with Crippen molar-refractivity contribution in [3.05, 3.63) is 42.5 Å². The van der Waals surface area contributed by atoms with Crippen LogP contribution in [0.25, 0.3) is 0 Å². The summed E-state index contributed by atoms with van der Waals surface area (Å²) < 4.78 is 5.95. The first-order chi connectivity index (χ1) is 10.2. The molecule has 1 aromatic rings. The number of amides is 1. The van der Waals surface area contributed by atoms with Crippen LogP contribution < -0.4 is 10.5 Å². The first-order valence-electron chi connectivity index (χ1n) is 7.67. The third kappa shape index (κ3) is 3.45. The second-order valence-corrected chi connectivity index (χ2v) is 5.85. The number of hydrogen-bond donors (Lipinski definition) is 1. The van der Waals surface area contributed by atoms with Gasteiger partial charge in [-0.1, -0.05) is 30.4 Å². The average Bonchev–Trinajstić information content (AvgIpc) is 2.95. The normalized spacial score (nSPS) is 26.0. The Morgan fingerprint density at radius 2 is 1.86 bits per heavy atom. The quantitative estimate of drug-likeness (QED) is 0.864. The number of para-hydroxylation sites is 1. The summed E-state index contributed by atoms with van der Waals surface area (Å²) in [5.41, 5.74) is 5.82. The summed E-state index contributed by atoms with van der Waals surface area (Å²) in [7, 11) is 0. The van der Waals surface area contributed by atoms with Gasteiger partial charge in [0.05, 0.1) is 5.92 Å². The fourth-order valence-electron chi connectivity index (χ4n) is 3.03. The molecular formula is C17H22N2O2. The first-order valence-corrected chi connectivity index (χ1v) is 7.67. The third-order valence-electron chi connectivity index (χ3n) is 4.23. The number of hydrogen-bond acceptors (Lipinski definition) is 3. The molecule has 0 bridgehead atoms. The van der Waals surface area contributed by atoms with Crippen molar-refractivity contribution in [2.45, 2.75) is 31.4 Å². The van der Waals surface area contributed by atoms with Crippen LogP contribution in [0.1, 0.15) is 19.3 Å². The van der Waals surface area contributed by atoms with Crippen LogP contribution in [0.4, 0.5) is 0 Å². The number of nitrogens with zero attached hydrogens (tertiary/aromatic N) is 1. The SMILES string of the molecule is NC1C=CC(C(=O)N2CCC(Oc3ccccc3)CC2)C1. The molecule has 2 atom stereocenters. The Hall–Kier alpha value is -1.81. The van der Waals surface area contributed by atoms with Gasteiger partial charge < -0.3 is 15.4 Å². The minimum Gasteiger partial charge on any atom is -0.490 e. The molecule has 1 aliphatic heterocycles. The summed E-state index contributed by atoms with van der Waals surface area (Å²) in [4.78, 5) is 14.3. The molecule has 0 saturated carbocycles. The Morgan fingerprint density at radius 3 is 2.48 bits per heavy atom. The van der Waals surface area contributed by atoms with Crippen molar-refractivity contribution in [1.29, 1.82) is 0 Å². The summed E-state index contributed by atoms with van der Waals surface area (Å²) in [5.74, 6) is 1.11. The van der Waals surface area contributed by atoms with Crippen molar-refractivity contribution in [3.63, 3.8) is 0 Å². The highest BCUT2D eigenvalue weighted by atomic mass is 16.5. The Bertz CT molecular complexity index is 507. The zero-order chi connectivity index (χ0) is 14.7. The van der Waals surface area contributed by atoms with Crippen molar-refractivity contribution in [2.24, 2.45) is 11.7 Å². The van der Waals surface area contributed by atoms with Gasteiger partial charge in [0.2, 0.25) is 5.91 Å². The van der Waals surface area contributed by atoms with Crippen LogP contribution in [-0.4, -0.2) is 36.0 Å². The Morgan fingerprint density at radius 1 is 1.14 bits per heavy atom. The van der Waals surface area contributed by atoms with Gasteiger partial charge in [0.25, 0.3) is 0 Å². The van der Waals surface area contributed by atoms with Gasteiger partial charge >= 0.3 is 0 Å². The summed E-state index contributed by atoms with van der Waals surface area (Å²) in [6, 6.07) is 9.92. The number of carbonyl (C=O) groups excluding carboxylic acids is 1. The average molecular weight is 286 g/mol. The molecule has 4 nitrogen and oxygen atoms in total. The molecule has 1 aliphatic carbocycles. The summed E-state index contributed by atoms with van der Waals surface area (Å²) in [6.45, 7) is 1.55. The highest BCUT2D eigenvalue weighted by Gasteiger charge is 2.30. The van der Waals surface area contributed by atoms with Crippen molar-refractivity contribution in [1.82, 2.24) is 4.90 Å². The molecular weight excluding hydrogens is 264 g/mol. The predicted molar refractivity (Wildman–Crippen MR) is 81.9 cm³/mol. The maximum atomic E-state index is 12.4. The van der Waals surface area contributed by atoms with Gasteiger partial charge in [-0.25, -0.2) is 0 Å². The van der Waals surface area contributed by atoms with E-state index >= 15 is 0 Å². The van der Waals surface area contributed by atoms with Crippen molar-refractivity contribution < 1.29 is 9.53 Å². The highest BCUT2D eigenvalue weighted by Crippen LogP contribution is 2.23. The topological polar surface area (TPSA) is 55.6 Å². The van der Waals surface area contributed by atoms with Crippen LogP contribution >= 0.6 is 0 Å². The number of piperidine rings is 1. The first kappa shape index (κ1) is 14.1. The van der Waals surface area contributed by atoms with Gasteiger partial charge in [0, 0.05) is 32.0 Å². The zero-order valence-corrected chi connectivity index (χ0v) is 12.2. The Balaban J connectivity index is 1.49. The van der Waals surface area contributed by atoms with Crippen molar-refractivity contribution in [2.75, 3.05) is 13.1 Å². The van der Waals surface area contributed by atoms with E-state index in [1.54, 1.807) is 0 Å². The standard InChI is InChI=1S/C17H22N2O2/c18-14-7-6-13(12-14)17(20)19-10-8-16(9-11-19)21-15-4-2-1-3-5-15/h1-7,13-14,16H,8-12,18H2. The van der Waals surface area contributed by atoms with Gasteiger partial charge in [-0.15, -0.1) is 0 Å². The number of ether oxygens (including phenoxy) is 1. The summed E-state index contributed by atoms with van der Waals surface area (Å²) in [5, 5.41) is 0. The molecule has 0 spiro atoms. The van der Waals surface area contributed by atoms with Gasteiger partial charge in [0.1, 0.15) is 11.9 Å². The van der Waals surface area contributed by atoms with Crippen LogP contribution in [0, 0.1) is 5.92 Å². The monoisotopic (exact) mass is 286 g/mol. The second kappa shape index (κ2) is 6.31. The van der Waals surface area contributed by atoms with E-state index in [0.29, 0.717) is 0 Å². The van der Waals surface area contributed by atoms with Crippen LogP contribution in [-0.2, 0) is 4.79 Å². The molecule has 0 radical (unpaired) electrons. The van der Waals surface area contributed by atoms with Crippen molar-refractivity contribution >= 4 is 5.91 Å². The number of carbonyl (C=O) groups is 1. The van der Waals surface area contributed by atoms with Crippen LogP contribution in [0.5, 0.6) is 5.75 Å². The fraction of sp³-hybridized carbons (Fsp3) is 0.471. The Kier molecular flexibility index (Phi) is 4.25. The van der Waals surface area contributed by atoms with E-state index in [9.17, 15) is 4.79 Å². The van der Waals surface area contributed by atoms with Gasteiger partial charge in [0.15, 0.2) is 0 Å². The maximum absolute atomic E-state index is 12.4. The van der Waals surface area contributed by atoms with E-state index in [4.69, 9.17) is 10.5 Å². The molecule has 0 aromatic heterocycles.